The van der Waals surface area contributed by atoms with Crippen molar-refractivity contribution in [3.8, 4) is 5.69 Å². The second-order valence-corrected chi connectivity index (χ2v) is 4.18. The fourth-order valence-corrected chi connectivity index (χ4v) is 1.86. The van der Waals surface area contributed by atoms with Crippen LogP contribution in [0, 0.1) is 4.77 Å². The third kappa shape index (κ3) is 2.21. The van der Waals surface area contributed by atoms with E-state index in [1.54, 1.807) is 0 Å². The Balaban J connectivity index is 2.81. The van der Waals surface area contributed by atoms with E-state index in [1.165, 1.54) is 6.07 Å². The predicted octanol–water partition coefficient (Wildman–Crippen LogP) is 2.90. The maximum Gasteiger partial charge on any atom is 0.418 e. The third-order valence-corrected chi connectivity index (χ3v) is 2.71. The van der Waals surface area contributed by atoms with Crippen LogP contribution in [0.4, 0.5) is 13.2 Å². The lowest BCUT2D eigenvalue weighted by Gasteiger charge is -2.12. The summed E-state index contributed by atoms with van der Waals surface area (Å²) in [6.07, 6.45) is -4.64. The molecule has 96 valence electrons. The largest absolute Gasteiger partial charge is 0.418 e. The van der Waals surface area contributed by atoms with Crippen molar-refractivity contribution in [3.05, 3.63) is 44.0 Å². The number of nitrogens with zero attached hydrogens (tertiary/aromatic N) is 1. The van der Waals surface area contributed by atoms with Gasteiger partial charge in [0.05, 0.1) is 11.3 Å². The molecule has 4 nitrogen and oxygen atoms in total. The van der Waals surface area contributed by atoms with Gasteiger partial charge in [0.1, 0.15) is 0 Å². The minimum absolute atomic E-state index is 0.0791. The monoisotopic (exact) mass is 295 g/mol. The summed E-state index contributed by atoms with van der Waals surface area (Å²) in [4.78, 5) is 11.4. The van der Waals surface area contributed by atoms with Gasteiger partial charge in [0, 0.05) is 5.02 Å². The Morgan fingerprint density at radius 3 is 2.44 bits per heavy atom. The quantitative estimate of drug-likeness (QED) is 0.795. The zero-order valence-electron chi connectivity index (χ0n) is 8.51. The minimum atomic E-state index is -4.64. The molecular weight excluding hydrogens is 291 g/mol. The number of alkyl halides is 3. The van der Waals surface area contributed by atoms with Gasteiger partial charge in [-0.15, -0.1) is 0 Å². The first-order chi connectivity index (χ1) is 8.30. The molecule has 0 aliphatic heterocycles. The molecule has 0 amide bonds. The SMILES string of the molecule is O=c1[nH][nH]c(=S)n1-c1ccc(Cl)cc1C(F)(F)F. The van der Waals surface area contributed by atoms with Crippen LogP contribution in [0.2, 0.25) is 5.02 Å². The molecule has 0 bridgehead atoms. The van der Waals surface area contributed by atoms with Gasteiger partial charge in [0.25, 0.3) is 0 Å². The number of aromatic nitrogens is 3. The van der Waals surface area contributed by atoms with Gasteiger partial charge < -0.3 is 0 Å². The number of hydrogen-bond donors (Lipinski definition) is 2. The van der Waals surface area contributed by atoms with Crippen LogP contribution in [-0.2, 0) is 6.18 Å². The summed E-state index contributed by atoms with van der Waals surface area (Å²) < 4.78 is 39.1. The van der Waals surface area contributed by atoms with Gasteiger partial charge in [-0.25, -0.2) is 14.5 Å². The summed E-state index contributed by atoms with van der Waals surface area (Å²) in [5.41, 5.74) is -2.19. The van der Waals surface area contributed by atoms with Crippen LogP contribution in [-0.4, -0.2) is 14.8 Å². The van der Waals surface area contributed by atoms with Gasteiger partial charge in [-0.05, 0) is 30.4 Å². The number of nitrogens with one attached hydrogen (secondary N) is 2. The van der Waals surface area contributed by atoms with E-state index in [0.717, 1.165) is 12.1 Å². The van der Waals surface area contributed by atoms with Crippen molar-refractivity contribution < 1.29 is 13.2 Å². The van der Waals surface area contributed by atoms with Crippen LogP contribution < -0.4 is 5.69 Å². The maximum atomic E-state index is 12.9. The van der Waals surface area contributed by atoms with Crippen LogP contribution in [0.15, 0.2) is 23.0 Å². The van der Waals surface area contributed by atoms with E-state index in [-0.39, 0.29) is 15.5 Å². The number of hydrogen-bond acceptors (Lipinski definition) is 2. The maximum absolute atomic E-state index is 12.9. The van der Waals surface area contributed by atoms with Crippen molar-refractivity contribution in [2.45, 2.75) is 6.18 Å². The molecule has 2 rings (SSSR count). The molecule has 18 heavy (non-hydrogen) atoms. The van der Waals surface area contributed by atoms with Crippen molar-refractivity contribution in [1.82, 2.24) is 14.8 Å². The van der Waals surface area contributed by atoms with Gasteiger partial charge in [-0.1, -0.05) is 11.6 Å². The van der Waals surface area contributed by atoms with Crippen LogP contribution in [0.5, 0.6) is 0 Å². The zero-order chi connectivity index (χ0) is 13.5. The van der Waals surface area contributed by atoms with E-state index in [9.17, 15) is 18.0 Å². The summed E-state index contributed by atoms with van der Waals surface area (Å²) in [5.74, 6) is 0. The fraction of sp³-hybridized carbons (Fsp3) is 0.111. The molecule has 1 heterocycles. The summed E-state index contributed by atoms with van der Waals surface area (Å²) in [6, 6.07) is 3.08. The van der Waals surface area contributed by atoms with E-state index >= 15 is 0 Å². The van der Waals surface area contributed by atoms with E-state index in [1.807, 2.05) is 0 Å². The second kappa shape index (κ2) is 4.29. The first-order valence-electron chi connectivity index (χ1n) is 4.57. The van der Waals surface area contributed by atoms with Crippen molar-refractivity contribution in [2.75, 3.05) is 0 Å². The van der Waals surface area contributed by atoms with E-state index in [0.29, 0.717) is 4.57 Å². The van der Waals surface area contributed by atoms with Crippen molar-refractivity contribution in [2.24, 2.45) is 0 Å². The Hall–Kier alpha value is -1.54. The molecule has 0 unspecified atom stereocenters. The summed E-state index contributed by atoms with van der Waals surface area (Å²) in [7, 11) is 0. The summed E-state index contributed by atoms with van der Waals surface area (Å²) in [5, 5.41) is 4.30. The molecule has 0 atom stereocenters. The Kier molecular flexibility index (Phi) is 3.07. The molecule has 2 N–H and O–H groups in total. The minimum Gasteiger partial charge on any atom is -0.272 e. The molecule has 1 aromatic heterocycles. The number of H-pyrrole nitrogens is 2. The lowest BCUT2D eigenvalue weighted by Crippen LogP contribution is -2.19. The Morgan fingerprint density at radius 2 is 1.94 bits per heavy atom. The average Bonchev–Trinajstić information content (AvgIpc) is 2.58. The number of benzene rings is 1. The number of rotatable bonds is 1. The average molecular weight is 296 g/mol. The molecule has 2 aromatic rings. The first kappa shape index (κ1) is 12.9. The van der Waals surface area contributed by atoms with E-state index in [2.05, 4.69) is 10.2 Å². The van der Waals surface area contributed by atoms with Gasteiger partial charge in [-0.3, -0.25) is 5.10 Å². The normalized spacial score (nSPS) is 11.8. The topological polar surface area (TPSA) is 53.6 Å². The van der Waals surface area contributed by atoms with Crippen molar-refractivity contribution in [1.29, 1.82) is 0 Å². The number of halogens is 4. The van der Waals surface area contributed by atoms with E-state index < -0.39 is 17.4 Å². The highest BCUT2D eigenvalue weighted by molar-refractivity contribution is 7.71. The summed E-state index contributed by atoms with van der Waals surface area (Å²) >= 11 is 10.3. The van der Waals surface area contributed by atoms with Crippen LogP contribution in [0.1, 0.15) is 5.56 Å². The summed E-state index contributed by atoms with van der Waals surface area (Å²) in [6.45, 7) is 0. The molecule has 9 heteroatoms. The molecular formula is C9H5ClF3N3OS. The van der Waals surface area contributed by atoms with E-state index in [4.69, 9.17) is 23.8 Å². The molecule has 0 fully saturated rings. The first-order valence-corrected chi connectivity index (χ1v) is 5.36. The standard InChI is InChI=1S/C9H5ClF3N3OS/c10-4-1-2-6(5(3-4)9(11,12)13)16-7(17)14-15-8(16)18/h1-3H,(H,14,17)(H,15,18). The van der Waals surface area contributed by atoms with Gasteiger partial charge >= 0.3 is 11.9 Å². The van der Waals surface area contributed by atoms with Crippen LogP contribution >= 0.6 is 23.8 Å². The van der Waals surface area contributed by atoms with Crippen LogP contribution in [0.25, 0.3) is 5.69 Å². The zero-order valence-corrected chi connectivity index (χ0v) is 10.1. The molecule has 1 aromatic carbocycles. The van der Waals surface area contributed by atoms with Crippen molar-refractivity contribution in [3.63, 3.8) is 0 Å². The molecule has 0 aliphatic carbocycles. The smallest absolute Gasteiger partial charge is 0.272 e. The molecule has 0 radical (unpaired) electrons. The lowest BCUT2D eigenvalue weighted by molar-refractivity contribution is -0.137. The molecule has 0 spiro atoms. The highest BCUT2D eigenvalue weighted by Crippen LogP contribution is 2.35. The lowest BCUT2D eigenvalue weighted by atomic mass is 10.1. The van der Waals surface area contributed by atoms with Gasteiger partial charge in [0.15, 0.2) is 0 Å². The fourth-order valence-electron chi connectivity index (χ4n) is 1.46. The predicted molar refractivity (Wildman–Crippen MR) is 61.6 cm³/mol. The Bertz CT molecular complexity index is 673. The number of aromatic amines is 2. The van der Waals surface area contributed by atoms with Gasteiger partial charge in [-0.2, -0.15) is 13.2 Å². The highest BCUT2D eigenvalue weighted by atomic mass is 35.5. The third-order valence-electron chi connectivity index (χ3n) is 2.19. The molecule has 0 saturated carbocycles. The van der Waals surface area contributed by atoms with Crippen LogP contribution in [0.3, 0.4) is 0 Å². The second-order valence-electron chi connectivity index (χ2n) is 3.35. The Labute approximate surface area is 108 Å². The molecule has 0 saturated heterocycles. The Morgan fingerprint density at radius 1 is 1.28 bits per heavy atom. The van der Waals surface area contributed by atoms with Gasteiger partial charge in [0.2, 0.25) is 4.77 Å². The molecule has 0 aliphatic rings. The van der Waals surface area contributed by atoms with Crippen molar-refractivity contribution >= 4 is 23.8 Å². The highest BCUT2D eigenvalue weighted by Gasteiger charge is 2.34.